The third-order valence-electron chi connectivity index (χ3n) is 3.15. The highest BCUT2D eigenvalue weighted by Crippen LogP contribution is 2.26. The van der Waals surface area contributed by atoms with Gasteiger partial charge in [0, 0.05) is 18.7 Å². The van der Waals surface area contributed by atoms with Crippen molar-refractivity contribution in [3.05, 3.63) is 53.9 Å². The number of para-hydroxylation sites is 1. The van der Waals surface area contributed by atoms with E-state index in [0.29, 0.717) is 17.9 Å². The Balaban J connectivity index is 2.17. The summed E-state index contributed by atoms with van der Waals surface area (Å²) in [5.74, 6) is -0.424. The van der Waals surface area contributed by atoms with E-state index in [0.717, 1.165) is 5.56 Å². The number of carboxylic acids is 1. The molecule has 0 aliphatic carbocycles. The monoisotopic (exact) mass is 343 g/mol. The van der Waals surface area contributed by atoms with E-state index in [1.165, 1.54) is 12.3 Å². The molecule has 2 aromatic rings. The average molecular weight is 343 g/mol. The lowest BCUT2D eigenvalue weighted by Crippen LogP contribution is -2.24. The average Bonchev–Trinajstić information content (AvgIpc) is 2.52. The maximum absolute atomic E-state index is 12.1. The van der Waals surface area contributed by atoms with Gasteiger partial charge in [0.25, 0.3) is 0 Å². The summed E-state index contributed by atoms with van der Waals surface area (Å²) in [4.78, 5) is 26.9. The lowest BCUT2D eigenvalue weighted by molar-refractivity contribution is -0.136. The van der Waals surface area contributed by atoms with Crippen LogP contribution in [0.4, 0.5) is 0 Å². The molecule has 0 bridgehead atoms. The van der Waals surface area contributed by atoms with Gasteiger partial charge in [0.2, 0.25) is 0 Å². The zero-order valence-corrected chi connectivity index (χ0v) is 14.5. The van der Waals surface area contributed by atoms with Crippen LogP contribution in [0.5, 0.6) is 11.5 Å². The zero-order chi connectivity index (χ0) is 18.4. The van der Waals surface area contributed by atoms with Gasteiger partial charge in [-0.3, -0.25) is 4.79 Å². The number of aliphatic carboxylic acids is 1. The standard InChI is InChI=1S/C19H21NO5/c1-19(2,3)25-18(23)15-12-14(10-11-20-15)24-16-7-5-4-6-13(16)8-9-17(21)22/h4-7,10-12H,8-9H2,1-3H3,(H,21,22). The van der Waals surface area contributed by atoms with Crippen molar-refractivity contribution < 1.29 is 24.2 Å². The van der Waals surface area contributed by atoms with Gasteiger partial charge in [-0.05, 0) is 44.9 Å². The fourth-order valence-corrected chi connectivity index (χ4v) is 2.10. The van der Waals surface area contributed by atoms with Crippen LogP contribution < -0.4 is 4.74 Å². The Morgan fingerprint density at radius 2 is 1.88 bits per heavy atom. The molecule has 25 heavy (non-hydrogen) atoms. The SMILES string of the molecule is CC(C)(C)OC(=O)c1cc(Oc2ccccc2CCC(=O)O)ccn1. The summed E-state index contributed by atoms with van der Waals surface area (Å²) in [6, 6.07) is 10.3. The smallest absolute Gasteiger partial charge is 0.357 e. The number of aryl methyl sites for hydroxylation is 1. The Labute approximate surface area is 146 Å². The molecule has 0 unspecified atom stereocenters. The predicted molar refractivity (Wildman–Crippen MR) is 91.9 cm³/mol. The number of benzene rings is 1. The Bertz CT molecular complexity index is 764. The van der Waals surface area contributed by atoms with E-state index >= 15 is 0 Å². The van der Waals surface area contributed by atoms with Crippen molar-refractivity contribution in [3.63, 3.8) is 0 Å². The number of carbonyl (C=O) groups excluding carboxylic acids is 1. The first-order chi connectivity index (χ1) is 11.7. The lowest BCUT2D eigenvalue weighted by Gasteiger charge is -2.19. The van der Waals surface area contributed by atoms with Crippen LogP contribution >= 0.6 is 0 Å². The fraction of sp³-hybridized carbons (Fsp3) is 0.316. The molecular weight excluding hydrogens is 322 g/mol. The highest BCUT2D eigenvalue weighted by molar-refractivity contribution is 5.87. The van der Waals surface area contributed by atoms with E-state index < -0.39 is 17.5 Å². The molecule has 0 fully saturated rings. The molecule has 0 radical (unpaired) electrons. The highest BCUT2D eigenvalue weighted by atomic mass is 16.6. The van der Waals surface area contributed by atoms with E-state index in [2.05, 4.69) is 4.98 Å². The van der Waals surface area contributed by atoms with Crippen molar-refractivity contribution in [1.29, 1.82) is 0 Å². The number of hydrogen-bond acceptors (Lipinski definition) is 5. The number of aromatic nitrogens is 1. The summed E-state index contributed by atoms with van der Waals surface area (Å²) in [5.41, 5.74) is 0.315. The van der Waals surface area contributed by atoms with Gasteiger partial charge in [-0.25, -0.2) is 9.78 Å². The summed E-state index contributed by atoms with van der Waals surface area (Å²) >= 11 is 0. The van der Waals surface area contributed by atoms with Gasteiger partial charge >= 0.3 is 11.9 Å². The molecule has 1 N–H and O–H groups in total. The molecule has 6 nitrogen and oxygen atoms in total. The number of rotatable bonds is 6. The first kappa shape index (κ1) is 18.4. The molecule has 1 aromatic carbocycles. The van der Waals surface area contributed by atoms with Crippen LogP contribution in [-0.4, -0.2) is 27.6 Å². The topological polar surface area (TPSA) is 85.7 Å². The van der Waals surface area contributed by atoms with Crippen molar-refractivity contribution in [3.8, 4) is 11.5 Å². The van der Waals surface area contributed by atoms with Crippen LogP contribution in [0.25, 0.3) is 0 Å². The molecule has 6 heteroatoms. The van der Waals surface area contributed by atoms with E-state index in [1.54, 1.807) is 39.0 Å². The van der Waals surface area contributed by atoms with E-state index in [4.69, 9.17) is 14.6 Å². The van der Waals surface area contributed by atoms with Crippen LogP contribution in [0.2, 0.25) is 0 Å². The quantitative estimate of drug-likeness (QED) is 0.802. The van der Waals surface area contributed by atoms with Crippen LogP contribution in [-0.2, 0) is 16.0 Å². The number of hydrogen-bond donors (Lipinski definition) is 1. The van der Waals surface area contributed by atoms with Crippen LogP contribution in [0.1, 0.15) is 43.2 Å². The van der Waals surface area contributed by atoms with E-state index in [9.17, 15) is 9.59 Å². The van der Waals surface area contributed by atoms with Crippen molar-refractivity contribution in [1.82, 2.24) is 4.98 Å². The van der Waals surface area contributed by atoms with Gasteiger partial charge < -0.3 is 14.6 Å². The first-order valence-electron chi connectivity index (χ1n) is 7.91. The van der Waals surface area contributed by atoms with Gasteiger partial charge in [-0.15, -0.1) is 0 Å². The number of pyridine rings is 1. The summed E-state index contributed by atoms with van der Waals surface area (Å²) < 4.78 is 11.1. The Hall–Kier alpha value is -2.89. The minimum absolute atomic E-state index is 0.0138. The summed E-state index contributed by atoms with van der Waals surface area (Å²) in [6.45, 7) is 5.35. The number of carbonyl (C=O) groups is 2. The first-order valence-corrected chi connectivity index (χ1v) is 7.91. The molecule has 0 aliphatic rings. The molecule has 1 aromatic heterocycles. The number of carboxylic acid groups (broad SMARTS) is 1. The molecule has 0 spiro atoms. The van der Waals surface area contributed by atoms with E-state index in [-0.39, 0.29) is 12.1 Å². The molecule has 2 rings (SSSR count). The maximum atomic E-state index is 12.1. The Morgan fingerprint density at radius 1 is 1.16 bits per heavy atom. The zero-order valence-electron chi connectivity index (χ0n) is 14.5. The van der Waals surface area contributed by atoms with Crippen molar-refractivity contribution >= 4 is 11.9 Å². The van der Waals surface area contributed by atoms with Gasteiger partial charge in [-0.1, -0.05) is 18.2 Å². The molecule has 0 saturated heterocycles. The predicted octanol–water partition coefficient (Wildman–Crippen LogP) is 3.85. The number of esters is 1. The van der Waals surface area contributed by atoms with Gasteiger partial charge in [0.1, 0.15) is 17.1 Å². The van der Waals surface area contributed by atoms with Gasteiger partial charge in [0.15, 0.2) is 5.69 Å². The second kappa shape index (κ2) is 7.79. The highest BCUT2D eigenvalue weighted by Gasteiger charge is 2.19. The largest absolute Gasteiger partial charge is 0.481 e. The van der Waals surface area contributed by atoms with Crippen LogP contribution in [0.15, 0.2) is 42.6 Å². The van der Waals surface area contributed by atoms with Gasteiger partial charge in [-0.2, -0.15) is 0 Å². The normalized spacial score (nSPS) is 11.0. The third-order valence-corrected chi connectivity index (χ3v) is 3.15. The lowest BCUT2D eigenvalue weighted by atomic mass is 10.1. The Kier molecular flexibility index (Phi) is 5.75. The molecular formula is C19H21NO5. The fourth-order valence-electron chi connectivity index (χ4n) is 2.10. The molecule has 0 saturated carbocycles. The minimum Gasteiger partial charge on any atom is -0.481 e. The summed E-state index contributed by atoms with van der Waals surface area (Å²) in [5, 5.41) is 8.85. The maximum Gasteiger partial charge on any atom is 0.357 e. The van der Waals surface area contributed by atoms with Crippen LogP contribution in [0.3, 0.4) is 0 Å². The minimum atomic E-state index is -0.870. The molecule has 0 aliphatic heterocycles. The van der Waals surface area contributed by atoms with Crippen LogP contribution in [0, 0.1) is 0 Å². The van der Waals surface area contributed by atoms with Crippen molar-refractivity contribution in [2.24, 2.45) is 0 Å². The summed E-state index contributed by atoms with van der Waals surface area (Å²) in [7, 11) is 0. The molecule has 0 amide bonds. The molecule has 1 heterocycles. The summed E-state index contributed by atoms with van der Waals surface area (Å²) in [6.07, 6.45) is 1.84. The number of nitrogens with zero attached hydrogens (tertiary/aromatic N) is 1. The van der Waals surface area contributed by atoms with Gasteiger partial charge in [0.05, 0.1) is 0 Å². The van der Waals surface area contributed by atoms with Crippen molar-refractivity contribution in [2.75, 3.05) is 0 Å². The second-order valence-corrected chi connectivity index (χ2v) is 6.48. The second-order valence-electron chi connectivity index (χ2n) is 6.48. The molecule has 132 valence electrons. The Morgan fingerprint density at radius 3 is 2.56 bits per heavy atom. The molecule has 0 atom stereocenters. The third kappa shape index (κ3) is 5.91. The number of ether oxygens (including phenoxy) is 2. The van der Waals surface area contributed by atoms with Crippen molar-refractivity contribution in [2.45, 2.75) is 39.2 Å². The van der Waals surface area contributed by atoms with E-state index in [1.807, 2.05) is 12.1 Å².